The third kappa shape index (κ3) is 2.34. The summed E-state index contributed by atoms with van der Waals surface area (Å²) in [7, 11) is 0. The average Bonchev–Trinajstić information content (AvgIpc) is 3.05. The molecule has 2 heterocycles. The lowest BCUT2D eigenvalue weighted by Crippen LogP contribution is -2.22. The van der Waals surface area contributed by atoms with Crippen LogP contribution in [0.15, 0.2) is 18.2 Å². The minimum atomic E-state index is 0.181. The van der Waals surface area contributed by atoms with Crippen LogP contribution < -0.4 is 9.47 Å². The molecule has 0 aromatic heterocycles. The SMILES string of the molecule is O=C(CCN1CCCC1)c1ccc2c(c1)OCO2. The topological polar surface area (TPSA) is 38.8 Å². The molecule has 0 aliphatic carbocycles. The molecule has 0 amide bonds. The van der Waals surface area contributed by atoms with Crippen molar-refractivity contribution in [2.75, 3.05) is 26.4 Å². The largest absolute Gasteiger partial charge is 0.454 e. The Morgan fingerprint density at radius 2 is 1.94 bits per heavy atom. The van der Waals surface area contributed by atoms with Crippen molar-refractivity contribution < 1.29 is 14.3 Å². The van der Waals surface area contributed by atoms with Crippen LogP contribution in [0.2, 0.25) is 0 Å². The van der Waals surface area contributed by atoms with Crippen molar-refractivity contribution in [2.24, 2.45) is 0 Å². The van der Waals surface area contributed by atoms with Gasteiger partial charge in [0.2, 0.25) is 6.79 Å². The number of benzene rings is 1. The molecule has 18 heavy (non-hydrogen) atoms. The van der Waals surface area contributed by atoms with Crippen molar-refractivity contribution in [1.82, 2.24) is 4.90 Å². The van der Waals surface area contributed by atoms with Gasteiger partial charge in [-0.3, -0.25) is 4.79 Å². The zero-order valence-electron chi connectivity index (χ0n) is 10.4. The molecule has 0 saturated carbocycles. The van der Waals surface area contributed by atoms with Crippen LogP contribution in [-0.2, 0) is 0 Å². The van der Waals surface area contributed by atoms with Gasteiger partial charge in [-0.1, -0.05) is 0 Å². The molecule has 0 radical (unpaired) electrons. The fourth-order valence-electron chi connectivity index (χ4n) is 2.48. The molecule has 4 heteroatoms. The average molecular weight is 247 g/mol. The summed E-state index contributed by atoms with van der Waals surface area (Å²) in [6, 6.07) is 5.42. The van der Waals surface area contributed by atoms with E-state index < -0.39 is 0 Å². The highest BCUT2D eigenvalue weighted by Crippen LogP contribution is 2.32. The van der Waals surface area contributed by atoms with E-state index in [9.17, 15) is 4.79 Å². The van der Waals surface area contributed by atoms with Crippen LogP contribution in [0.1, 0.15) is 29.6 Å². The molecule has 1 saturated heterocycles. The van der Waals surface area contributed by atoms with Crippen molar-refractivity contribution >= 4 is 5.78 Å². The van der Waals surface area contributed by atoms with Gasteiger partial charge in [0.15, 0.2) is 17.3 Å². The maximum atomic E-state index is 12.1. The highest BCUT2D eigenvalue weighted by atomic mass is 16.7. The van der Waals surface area contributed by atoms with Crippen LogP contribution in [0, 0.1) is 0 Å². The number of ether oxygens (including phenoxy) is 2. The predicted molar refractivity (Wildman–Crippen MR) is 67.2 cm³/mol. The minimum Gasteiger partial charge on any atom is -0.454 e. The van der Waals surface area contributed by atoms with Gasteiger partial charge in [0.05, 0.1) is 0 Å². The minimum absolute atomic E-state index is 0.181. The molecule has 0 bridgehead atoms. The van der Waals surface area contributed by atoms with E-state index in [0.717, 1.165) is 30.9 Å². The van der Waals surface area contributed by atoms with Gasteiger partial charge in [0.25, 0.3) is 0 Å². The lowest BCUT2D eigenvalue weighted by molar-refractivity contribution is 0.0968. The summed E-state index contributed by atoms with van der Waals surface area (Å²) < 4.78 is 10.5. The Labute approximate surface area is 106 Å². The molecule has 0 unspecified atom stereocenters. The molecule has 1 fully saturated rings. The van der Waals surface area contributed by atoms with E-state index in [4.69, 9.17) is 9.47 Å². The summed E-state index contributed by atoms with van der Waals surface area (Å²) in [5.74, 6) is 1.59. The lowest BCUT2D eigenvalue weighted by Gasteiger charge is -2.13. The number of rotatable bonds is 4. The number of nitrogens with zero attached hydrogens (tertiary/aromatic N) is 1. The summed E-state index contributed by atoms with van der Waals surface area (Å²) in [4.78, 5) is 14.4. The quantitative estimate of drug-likeness (QED) is 0.764. The maximum Gasteiger partial charge on any atom is 0.231 e. The van der Waals surface area contributed by atoms with Crippen LogP contribution >= 0.6 is 0 Å². The second-order valence-electron chi connectivity index (χ2n) is 4.79. The Morgan fingerprint density at radius 3 is 2.78 bits per heavy atom. The number of Topliss-reactive ketones (excluding diaryl/α,β-unsaturated/α-hetero) is 1. The zero-order valence-corrected chi connectivity index (χ0v) is 10.4. The summed E-state index contributed by atoms with van der Waals surface area (Å²) in [5.41, 5.74) is 0.721. The van der Waals surface area contributed by atoms with Crippen LogP contribution in [0.25, 0.3) is 0 Å². The van der Waals surface area contributed by atoms with Crippen LogP contribution in [-0.4, -0.2) is 37.1 Å². The number of ketones is 1. The lowest BCUT2D eigenvalue weighted by atomic mass is 10.1. The molecular formula is C14H17NO3. The van der Waals surface area contributed by atoms with Crippen molar-refractivity contribution in [3.05, 3.63) is 23.8 Å². The van der Waals surface area contributed by atoms with Gasteiger partial charge in [-0.15, -0.1) is 0 Å². The van der Waals surface area contributed by atoms with E-state index in [2.05, 4.69) is 4.90 Å². The zero-order chi connectivity index (χ0) is 12.4. The summed E-state index contributed by atoms with van der Waals surface area (Å²) >= 11 is 0. The maximum absolute atomic E-state index is 12.1. The molecule has 4 nitrogen and oxygen atoms in total. The predicted octanol–water partition coefficient (Wildman–Crippen LogP) is 2.08. The number of fused-ring (bicyclic) bond motifs is 1. The molecule has 1 aromatic carbocycles. The van der Waals surface area contributed by atoms with E-state index in [-0.39, 0.29) is 12.6 Å². The first-order valence-electron chi connectivity index (χ1n) is 6.48. The number of likely N-dealkylation sites (tertiary alicyclic amines) is 1. The third-order valence-electron chi connectivity index (χ3n) is 3.55. The van der Waals surface area contributed by atoms with Crippen LogP contribution in [0.4, 0.5) is 0 Å². The van der Waals surface area contributed by atoms with Gasteiger partial charge >= 0.3 is 0 Å². The Balaban J connectivity index is 1.61. The van der Waals surface area contributed by atoms with Crippen molar-refractivity contribution in [3.8, 4) is 11.5 Å². The first-order valence-corrected chi connectivity index (χ1v) is 6.48. The van der Waals surface area contributed by atoms with E-state index in [1.807, 2.05) is 12.1 Å². The molecule has 96 valence electrons. The Kier molecular flexibility index (Phi) is 3.19. The highest BCUT2D eigenvalue weighted by Gasteiger charge is 2.17. The third-order valence-corrected chi connectivity index (χ3v) is 3.55. The van der Waals surface area contributed by atoms with Gasteiger partial charge in [-0.25, -0.2) is 0 Å². The molecular weight excluding hydrogens is 230 g/mol. The van der Waals surface area contributed by atoms with Gasteiger partial charge < -0.3 is 14.4 Å². The van der Waals surface area contributed by atoms with E-state index in [1.54, 1.807) is 6.07 Å². The van der Waals surface area contributed by atoms with Crippen molar-refractivity contribution in [2.45, 2.75) is 19.3 Å². The summed E-state index contributed by atoms with van der Waals surface area (Å²) in [5, 5.41) is 0. The molecule has 2 aliphatic rings. The van der Waals surface area contributed by atoms with Gasteiger partial charge in [-0.2, -0.15) is 0 Å². The number of hydrogen-bond acceptors (Lipinski definition) is 4. The first-order chi connectivity index (χ1) is 8.83. The number of carbonyl (C=O) groups excluding carboxylic acids is 1. The second-order valence-corrected chi connectivity index (χ2v) is 4.79. The normalized spacial score (nSPS) is 18.2. The molecule has 2 aliphatic heterocycles. The van der Waals surface area contributed by atoms with Crippen molar-refractivity contribution in [3.63, 3.8) is 0 Å². The van der Waals surface area contributed by atoms with Crippen molar-refractivity contribution in [1.29, 1.82) is 0 Å². The van der Waals surface area contributed by atoms with E-state index >= 15 is 0 Å². The Hall–Kier alpha value is -1.55. The molecule has 3 rings (SSSR count). The van der Waals surface area contributed by atoms with Gasteiger partial charge in [0, 0.05) is 18.5 Å². The van der Waals surface area contributed by atoms with E-state index in [1.165, 1.54) is 12.8 Å². The molecule has 0 spiro atoms. The smallest absolute Gasteiger partial charge is 0.231 e. The number of hydrogen-bond donors (Lipinski definition) is 0. The molecule has 0 N–H and O–H groups in total. The van der Waals surface area contributed by atoms with Crippen LogP contribution in [0.5, 0.6) is 11.5 Å². The fraction of sp³-hybridized carbons (Fsp3) is 0.500. The Morgan fingerprint density at radius 1 is 1.17 bits per heavy atom. The standard InChI is InChI=1S/C14H17NO3/c16-12(5-8-15-6-1-2-7-15)11-3-4-13-14(9-11)18-10-17-13/h3-4,9H,1-2,5-8,10H2. The molecule has 1 aromatic rings. The van der Waals surface area contributed by atoms with Gasteiger partial charge in [-0.05, 0) is 44.1 Å². The number of carbonyl (C=O) groups is 1. The monoisotopic (exact) mass is 247 g/mol. The van der Waals surface area contributed by atoms with E-state index in [0.29, 0.717) is 12.2 Å². The Bertz CT molecular complexity index is 452. The fourth-order valence-corrected chi connectivity index (χ4v) is 2.48. The first kappa shape index (κ1) is 11.5. The van der Waals surface area contributed by atoms with Crippen LogP contribution in [0.3, 0.4) is 0 Å². The van der Waals surface area contributed by atoms with Gasteiger partial charge in [0.1, 0.15) is 0 Å². The highest BCUT2D eigenvalue weighted by molar-refractivity contribution is 5.96. The summed E-state index contributed by atoms with van der Waals surface area (Å²) in [6.07, 6.45) is 3.11. The summed E-state index contributed by atoms with van der Waals surface area (Å²) in [6.45, 7) is 3.39. The second kappa shape index (κ2) is 4.98. The molecule has 0 atom stereocenters.